The van der Waals surface area contributed by atoms with Gasteiger partial charge in [0.05, 0.1) is 18.7 Å². The number of nitrogens with zero attached hydrogens (tertiary/aromatic N) is 1. The first-order chi connectivity index (χ1) is 10.7. The van der Waals surface area contributed by atoms with Crippen molar-refractivity contribution in [2.45, 2.75) is 20.0 Å². The molecule has 6 nitrogen and oxygen atoms in total. The fraction of sp³-hybridized carbons (Fsp3) is 0.462. The second kappa shape index (κ2) is 8.00. The van der Waals surface area contributed by atoms with Gasteiger partial charge in [-0.25, -0.2) is 9.78 Å². The van der Waals surface area contributed by atoms with Crippen molar-refractivity contribution in [1.82, 2.24) is 5.32 Å². The Bertz CT molecular complexity index is 581. The molecule has 2 amide bonds. The molecule has 0 aromatic carbocycles. The van der Waals surface area contributed by atoms with E-state index >= 15 is 0 Å². The molecule has 0 spiro atoms. The first-order valence-corrected chi connectivity index (χ1v) is 7.06. The van der Waals surface area contributed by atoms with Crippen molar-refractivity contribution < 1.29 is 32.5 Å². The van der Waals surface area contributed by atoms with E-state index in [1.165, 1.54) is 4.90 Å². The zero-order chi connectivity index (χ0) is 17.6. The largest absolute Gasteiger partial charge is 0.450 e. The number of anilines is 1. The molecule has 0 fully saturated rings. The van der Waals surface area contributed by atoms with Crippen molar-refractivity contribution in [1.29, 1.82) is 0 Å². The zero-order valence-corrected chi connectivity index (χ0v) is 13.2. The molecule has 0 aliphatic heterocycles. The number of hydrogen-bond acceptors (Lipinski definition) is 4. The Balaban J connectivity index is 2.86. The van der Waals surface area contributed by atoms with Crippen LogP contribution in [0.4, 0.5) is 23.8 Å². The summed E-state index contributed by atoms with van der Waals surface area (Å²) >= 11 is 5.85. The number of likely N-dealkylation sites (N-methyl/N-ethyl adjacent to an activating group) is 1. The Kier molecular flexibility index (Phi) is 6.62. The van der Waals surface area contributed by atoms with E-state index in [0.29, 0.717) is 0 Å². The maximum atomic E-state index is 12.6. The van der Waals surface area contributed by atoms with Gasteiger partial charge < -0.3 is 4.74 Å². The molecule has 2 N–H and O–H groups in total. The average Bonchev–Trinajstić information content (AvgIpc) is 2.44. The molecule has 0 bridgehead atoms. The van der Waals surface area contributed by atoms with E-state index in [1.807, 2.05) is 5.32 Å². The Morgan fingerprint density at radius 1 is 1.39 bits per heavy atom. The van der Waals surface area contributed by atoms with Crippen LogP contribution in [-0.2, 0) is 15.7 Å². The molecule has 0 unspecified atom stereocenters. The molecule has 0 saturated heterocycles. The van der Waals surface area contributed by atoms with Gasteiger partial charge in [0.25, 0.3) is 11.7 Å². The number of hydrogen-bond donors (Lipinski definition) is 1. The summed E-state index contributed by atoms with van der Waals surface area (Å²) in [6.45, 7) is 3.36. The van der Waals surface area contributed by atoms with Crippen LogP contribution in [-0.4, -0.2) is 31.7 Å². The molecular formula is C13H16ClF3N3O3+. The van der Waals surface area contributed by atoms with Crippen LogP contribution in [0.15, 0.2) is 12.3 Å². The van der Waals surface area contributed by atoms with E-state index in [0.717, 1.165) is 12.3 Å². The highest BCUT2D eigenvalue weighted by Crippen LogP contribution is 2.31. The second-order valence-electron chi connectivity index (χ2n) is 4.37. The molecule has 0 saturated carbocycles. The molecule has 10 heteroatoms. The van der Waals surface area contributed by atoms with Gasteiger partial charge >= 0.3 is 12.3 Å². The van der Waals surface area contributed by atoms with Crippen LogP contribution in [0.2, 0.25) is 5.02 Å². The molecule has 1 rings (SSSR count). The predicted molar refractivity (Wildman–Crippen MR) is 76.1 cm³/mol. The number of pyridine rings is 1. The van der Waals surface area contributed by atoms with E-state index < -0.39 is 23.7 Å². The van der Waals surface area contributed by atoms with Gasteiger partial charge in [-0.2, -0.15) is 13.2 Å². The first kappa shape index (κ1) is 19.0. The minimum absolute atomic E-state index is 0.106. The van der Waals surface area contributed by atoms with Gasteiger partial charge in [-0.1, -0.05) is 11.6 Å². The van der Waals surface area contributed by atoms with Crippen molar-refractivity contribution in [2.75, 3.05) is 24.6 Å². The van der Waals surface area contributed by atoms with Crippen molar-refractivity contribution in [3.63, 3.8) is 0 Å². The number of carbonyl (C=O) groups is 2. The highest BCUT2D eigenvalue weighted by atomic mass is 35.5. The van der Waals surface area contributed by atoms with Crippen molar-refractivity contribution in [2.24, 2.45) is 0 Å². The lowest BCUT2D eigenvalue weighted by Gasteiger charge is -2.16. The summed E-state index contributed by atoms with van der Waals surface area (Å²) in [6.07, 6.45) is -4.67. The van der Waals surface area contributed by atoms with Gasteiger partial charge in [0.2, 0.25) is 0 Å². The van der Waals surface area contributed by atoms with Crippen LogP contribution in [0.1, 0.15) is 19.4 Å². The molecule has 1 heterocycles. The normalized spacial score (nSPS) is 11.0. The molecule has 0 radical (unpaired) electrons. The van der Waals surface area contributed by atoms with Crippen LogP contribution in [0.25, 0.3) is 0 Å². The van der Waals surface area contributed by atoms with Crippen molar-refractivity contribution >= 4 is 29.4 Å². The van der Waals surface area contributed by atoms with E-state index in [1.54, 1.807) is 13.8 Å². The number of rotatable bonds is 5. The summed E-state index contributed by atoms with van der Waals surface area (Å²) in [6, 6.07) is 0.763. The van der Waals surface area contributed by atoms with Gasteiger partial charge in [0.15, 0.2) is 6.54 Å². The molecule has 1 aromatic rings. The number of carbonyl (C=O) groups excluding carboxylic acids is 2. The Hall–Kier alpha value is -2.03. The van der Waals surface area contributed by atoms with E-state index in [2.05, 4.69) is 9.72 Å². The van der Waals surface area contributed by atoms with Gasteiger partial charge in [-0.05, 0) is 19.9 Å². The number of halogens is 4. The summed E-state index contributed by atoms with van der Waals surface area (Å²) in [7, 11) is 0. The quantitative estimate of drug-likeness (QED) is 0.880. The highest BCUT2D eigenvalue weighted by molar-refractivity contribution is 6.32. The minimum Gasteiger partial charge on any atom is -0.450 e. The lowest BCUT2D eigenvalue weighted by atomic mass is 10.2. The maximum absolute atomic E-state index is 12.6. The monoisotopic (exact) mass is 354 g/mol. The summed E-state index contributed by atoms with van der Waals surface area (Å²) < 4.78 is 42.4. The van der Waals surface area contributed by atoms with E-state index in [9.17, 15) is 22.8 Å². The number of ether oxygens (including phenoxy) is 1. The Labute approximate surface area is 135 Å². The average molecular weight is 355 g/mol. The zero-order valence-electron chi connectivity index (χ0n) is 12.5. The van der Waals surface area contributed by atoms with Crippen LogP contribution in [0.5, 0.6) is 0 Å². The molecule has 23 heavy (non-hydrogen) atoms. The first-order valence-electron chi connectivity index (χ1n) is 6.69. The molecule has 0 aliphatic rings. The summed E-state index contributed by atoms with van der Waals surface area (Å²) in [5, 5.41) is 1.80. The second-order valence-corrected chi connectivity index (χ2v) is 4.77. The number of amides is 2. The lowest BCUT2D eigenvalue weighted by Crippen LogP contribution is -2.42. The molecule has 0 aliphatic carbocycles. The highest BCUT2D eigenvalue weighted by Gasteiger charge is 2.34. The Morgan fingerprint density at radius 3 is 2.52 bits per heavy atom. The number of aromatic nitrogens is 1. The van der Waals surface area contributed by atoms with Crippen LogP contribution in [0, 0.1) is 0 Å². The van der Waals surface area contributed by atoms with Crippen LogP contribution < -0.4 is 15.2 Å². The number of nitrogens with one attached hydrogen (secondary N) is 2. The standard InChI is InChI=1S/C13H15ClF3N3O3/c1-3-20(7-10(21)19-12(22)23-4-2)11-9(14)5-8(6-18-11)13(15,16)17/h5-6H,3-4,7H2,1-2H3,(H,19,21,22)/p+1. The molecular weight excluding hydrogens is 339 g/mol. The minimum atomic E-state index is -4.53. The van der Waals surface area contributed by atoms with E-state index in [4.69, 9.17) is 11.6 Å². The number of alkyl carbamates (subject to hydrolysis) is 1. The fourth-order valence-corrected chi connectivity index (χ4v) is 2.00. The lowest BCUT2D eigenvalue weighted by molar-refractivity contribution is -0.367. The number of aromatic amines is 1. The van der Waals surface area contributed by atoms with Gasteiger partial charge in [0.1, 0.15) is 11.2 Å². The maximum Gasteiger partial charge on any atom is 0.419 e. The number of imide groups is 1. The summed E-state index contributed by atoms with van der Waals surface area (Å²) in [5.74, 6) is -0.532. The fourth-order valence-electron chi connectivity index (χ4n) is 1.71. The molecule has 1 aromatic heterocycles. The molecule has 128 valence electrons. The third-order valence-electron chi connectivity index (χ3n) is 2.75. The molecule has 0 atom stereocenters. The predicted octanol–water partition coefficient (Wildman–Crippen LogP) is 2.27. The van der Waals surface area contributed by atoms with E-state index in [-0.39, 0.29) is 30.5 Å². The van der Waals surface area contributed by atoms with Crippen molar-refractivity contribution in [3.8, 4) is 0 Å². The number of H-pyrrole nitrogens is 1. The topological polar surface area (TPSA) is 72.8 Å². The summed E-state index contributed by atoms with van der Waals surface area (Å²) in [5.41, 5.74) is -0.932. The summed E-state index contributed by atoms with van der Waals surface area (Å²) in [4.78, 5) is 26.7. The third kappa shape index (κ3) is 5.59. The van der Waals surface area contributed by atoms with Gasteiger partial charge in [-0.15, -0.1) is 0 Å². The van der Waals surface area contributed by atoms with Gasteiger partial charge in [0, 0.05) is 0 Å². The Morgan fingerprint density at radius 2 is 2.04 bits per heavy atom. The number of alkyl halides is 3. The van der Waals surface area contributed by atoms with Gasteiger partial charge in [-0.3, -0.25) is 15.0 Å². The van der Waals surface area contributed by atoms with Crippen LogP contribution in [0.3, 0.4) is 0 Å². The third-order valence-corrected chi connectivity index (χ3v) is 3.04. The smallest absolute Gasteiger partial charge is 0.419 e. The SMILES string of the molecule is CCOC(=O)NC(=O)CN(CC)c1[nH+]cc(C(F)(F)F)cc1Cl. The van der Waals surface area contributed by atoms with Crippen molar-refractivity contribution in [3.05, 3.63) is 22.8 Å². The van der Waals surface area contributed by atoms with Crippen LogP contribution >= 0.6 is 11.6 Å².